The van der Waals surface area contributed by atoms with E-state index in [4.69, 9.17) is 0 Å². The fraction of sp³-hybridized carbons (Fsp3) is 0.467. The third-order valence-corrected chi connectivity index (χ3v) is 5.49. The van der Waals surface area contributed by atoms with Gasteiger partial charge in [-0.15, -0.1) is 22.7 Å². The third-order valence-electron chi connectivity index (χ3n) is 3.56. The molecule has 0 saturated heterocycles. The Kier molecular flexibility index (Phi) is 5.50. The zero-order chi connectivity index (χ0) is 15.3. The summed E-state index contributed by atoms with van der Waals surface area (Å²) >= 11 is 3.19. The average Bonchev–Trinajstić information content (AvgIpc) is 3.15. The summed E-state index contributed by atoms with van der Waals surface area (Å²) in [6.07, 6.45) is 1.51. The van der Waals surface area contributed by atoms with Crippen LogP contribution in [-0.4, -0.2) is 28.1 Å². The number of rotatable bonds is 7. The van der Waals surface area contributed by atoms with Crippen LogP contribution >= 0.6 is 22.7 Å². The molecule has 114 valence electrons. The van der Waals surface area contributed by atoms with E-state index in [1.54, 1.807) is 22.7 Å². The summed E-state index contributed by atoms with van der Waals surface area (Å²) < 4.78 is 0. The van der Waals surface area contributed by atoms with E-state index < -0.39 is 5.60 Å². The molecule has 0 unspecified atom stereocenters. The first-order valence-corrected chi connectivity index (χ1v) is 8.79. The van der Waals surface area contributed by atoms with E-state index >= 15 is 0 Å². The van der Waals surface area contributed by atoms with E-state index in [1.807, 2.05) is 36.7 Å². The quantitative estimate of drug-likeness (QED) is 0.823. The Balaban J connectivity index is 1.89. The molecule has 2 rings (SSSR count). The molecule has 0 bridgehead atoms. The first-order valence-electron chi connectivity index (χ1n) is 7.03. The topological polar surface area (TPSA) is 62.2 Å². The van der Waals surface area contributed by atoms with E-state index in [2.05, 4.69) is 10.3 Å². The second kappa shape index (κ2) is 7.15. The van der Waals surface area contributed by atoms with E-state index in [-0.39, 0.29) is 12.3 Å². The van der Waals surface area contributed by atoms with Crippen LogP contribution in [0.25, 0.3) is 9.88 Å². The van der Waals surface area contributed by atoms with Gasteiger partial charge in [-0.2, -0.15) is 0 Å². The van der Waals surface area contributed by atoms with Crippen LogP contribution in [0.5, 0.6) is 0 Å². The van der Waals surface area contributed by atoms with Crippen LogP contribution < -0.4 is 5.32 Å². The Hall–Kier alpha value is -1.24. The highest BCUT2D eigenvalue weighted by atomic mass is 32.1. The van der Waals surface area contributed by atoms with E-state index in [0.29, 0.717) is 19.4 Å². The maximum Gasteiger partial charge on any atom is 0.226 e. The molecule has 0 aliphatic heterocycles. The van der Waals surface area contributed by atoms with E-state index in [1.165, 1.54) is 0 Å². The van der Waals surface area contributed by atoms with Gasteiger partial charge in [-0.05, 0) is 24.3 Å². The van der Waals surface area contributed by atoms with Gasteiger partial charge in [0.25, 0.3) is 0 Å². The molecule has 2 aromatic rings. The van der Waals surface area contributed by atoms with Gasteiger partial charge in [-0.1, -0.05) is 19.9 Å². The van der Waals surface area contributed by atoms with Crippen molar-refractivity contribution in [1.29, 1.82) is 0 Å². The van der Waals surface area contributed by atoms with Crippen molar-refractivity contribution >= 4 is 28.6 Å². The molecule has 0 saturated carbocycles. The van der Waals surface area contributed by atoms with Crippen LogP contribution in [0.3, 0.4) is 0 Å². The average molecular weight is 324 g/mol. The highest BCUT2D eigenvalue weighted by molar-refractivity contribution is 7.20. The standard InChI is InChI=1S/C15H20N2O2S2/c1-3-15(19,4-2)10-16-13(18)8-11-9-21-14(17-11)12-6-5-7-20-12/h5-7,9,19H,3-4,8,10H2,1-2H3,(H,16,18). The lowest BCUT2D eigenvalue weighted by atomic mass is 9.97. The number of carbonyl (C=O) groups is 1. The molecule has 0 aliphatic carbocycles. The molecule has 2 heterocycles. The van der Waals surface area contributed by atoms with Gasteiger partial charge in [-0.3, -0.25) is 4.79 Å². The van der Waals surface area contributed by atoms with Crippen molar-refractivity contribution in [2.75, 3.05) is 6.54 Å². The largest absolute Gasteiger partial charge is 0.388 e. The Morgan fingerprint density at radius 2 is 2.14 bits per heavy atom. The summed E-state index contributed by atoms with van der Waals surface area (Å²) in [7, 11) is 0. The number of nitrogens with one attached hydrogen (secondary N) is 1. The molecule has 0 aromatic carbocycles. The van der Waals surface area contributed by atoms with Crippen molar-refractivity contribution in [2.24, 2.45) is 0 Å². The van der Waals surface area contributed by atoms with Gasteiger partial charge in [0.05, 0.1) is 22.6 Å². The van der Waals surface area contributed by atoms with Crippen LogP contribution in [0.15, 0.2) is 22.9 Å². The number of hydrogen-bond acceptors (Lipinski definition) is 5. The number of hydrogen-bond donors (Lipinski definition) is 2. The second-order valence-electron chi connectivity index (χ2n) is 5.01. The second-order valence-corrected chi connectivity index (χ2v) is 6.81. The van der Waals surface area contributed by atoms with Crippen molar-refractivity contribution < 1.29 is 9.90 Å². The van der Waals surface area contributed by atoms with Crippen molar-refractivity contribution in [3.05, 3.63) is 28.6 Å². The lowest BCUT2D eigenvalue weighted by molar-refractivity contribution is -0.121. The van der Waals surface area contributed by atoms with Crippen molar-refractivity contribution in [3.8, 4) is 9.88 Å². The minimum Gasteiger partial charge on any atom is -0.388 e. The third kappa shape index (κ3) is 4.36. The zero-order valence-corrected chi connectivity index (χ0v) is 13.9. The van der Waals surface area contributed by atoms with Gasteiger partial charge >= 0.3 is 0 Å². The van der Waals surface area contributed by atoms with Crippen LogP contribution in [0.1, 0.15) is 32.4 Å². The maximum absolute atomic E-state index is 11.9. The van der Waals surface area contributed by atoms with Crippen LogP contribution in [-0.2, 0) is 11.2 Å². The molecule has 1 amide bonds. The summed E-state index contributed by atoms with van der Waals surface area (Å²) in [6, 6.07) is 4.01. The number of thiazole rings is 1. The fourth-order valence-corrected chi connectivity index (χ4v) is 3.53. The minimum absolute atomic E-state index is 0.0987. The highest BCUT2D eigenvalue weighted by Gasteiger charge is 2.22. The lowest BCUT2D eigenvalue weighted by Gasteiger charge is -2.25. The molecule has 0 radical (unpaired) electrons. The SMILES string of the molecule is CCC(O)(CC)CNC(=O)Cc1csc(-c2cccs2)n1. The van der Waals surface area contributed by atoms with Gasteiger partial charge in [-0.25, -0.2) is 4.98 Å². The highest BCUT2D eigenvalue weighted by Crippen LogP contribution is 2.27. The molecular weight excluding hydrogens is 304 g/mol. The van der Waals surface area contributed by atoms with E-state index in [0.717, 1.165) is 15.6 Å². The lowest BCUT2D eigenvalue weighted by Crippen LogP contribution is -2.42. The first kappa shape index (κ1) is 16.1. The number of nitrogens with zero attached hydrogens (tertiary/aromatic N) is 1. The molecule has 2 N–H and O–H groups in total. The molecular formula is C15H20N2O2S2. The molecule has 4 nitrogen and oxygen atoms in total. The van der Waals surface area contributed by atoms with Crippen molar-refractivity contribution in [1.82, 2.24) is 10.3 Å². The Morgan fingerprint density at radius 3 is 2.76 bits per heavy atom. The van der Waals surface area contributed by atoms with Gasteiger partial charge in [0.1, 0.15) is 5.01 Å². The number of thiophene rings is 1. The molecule has 21 heavy (non-hydrogen) atoms. The normalized spacial score (nSPS) is 11.6. The maximum atomic E-state index is 11.9. The zero-order valence-electron chi connectivity index (χ0n) is 12.3. The smallest absolute Gasteiger partial charge is 0.226 e. The van der Waals surface area contributed by atoms with E-state index in [9.17, 15) is 9.90 Å². The number of amides is 1. The predicted molar refractivity (Wildman–Crippen MR) is 87.7 cm³/mol. The summed E-state index contributed by atoms with van der Waals surface area (Å²) in [6.45, 7) is 4.13. The first-order chi connectivity index (χ1) is 10.1. The van der Waals surface area contributed by atoms with Gasteiger partial charge in [0.15, 0.2) is 0 Å². The summed E-state index contributed by atoms with van der Waals surface area (Å²) in [5.41, 5.74) is -0.0303. The minimum atomic E-state index is -0.806. The Labute approximate surface area is 132 Å². The summed E-state index contributed by atoms with van der Waals surface area (Å²) in [4.78, 5) is 17.5. The predicted octanol–water partition coefficient (Wildman–Crippen LogP) is 3.08. The molecule has 0 atom stereocenters. The molecule has 2 aromatic heterocycles. The van der Waals surface area contributed by atoms with Crippen LogP contribution in [0.2, 0.25) is 0 Å². The Morgan fingerprint density at radius 1 is 1.38 bits per heavy atom. The number of carbonyl (C=O) groups excluding carboxylic acids is 1. The molecule has 0 fully saturated rings. The summed E-state index contributed by atoms with van der Waals surface area (Å²) in [5, 5.41) is 17.8. The van der Waals surface area contributed by atoms with Crippen molar-refractivity contribution in [3.63, 3.8) is 0 Å². The monoisotopic (exact) mass is 324 g/mol. The molecule has 0 spiro atoms. The van der Waals surface area contributed by atoms with Crippen molar-refractivity contribution in [2.45, 2.75) is 38.7 Å². The number of aliphatic hydroxyl groups is 1. The summed E-state index contributed by atoms with van der Waals surface area (Å²) in [5.74, 6) is -0.0987. The van der Waals surface area contributed by atoms with Gasteiger partial charge in [0, 0.05) is 11.9 Å². The Bertz CT molecular complexity index is 574. The fourth-order valence-electron chi connectivity index (χ4n) is 1.89. The van der Waals surface area contributed by atoms with Crippen LogP contribution in [0, 0.1) is 0 Å². The van der Waals surface area contributed by atoms with Gasteiger partial charge in [0.2, 0.25) is 5.91 Å². The van der Waals surface area contributed by atoms with Gasteiger partial charge < -0.3 is 10.4 Å². The molecule has 0 aliphatic rings. The number of aromatic nitrogens is 1. The molecule has 6 heteroatoms. The van der Waals surface area contributed by atoms with Crippen LogP contribution in [0.4, 0.5) is 0 Å².